The van der Waals surface area contributed by atoms with Gasteiger partial charge in [-0.3, -0.25) is 4.40 Å². The molecule has 0 bridgehead atoms. The first-order valence-corrected chi connectivity index (χ1v) is 22.8. The number of halogens is 3. The zero-order valence-corrected chi connectivity index (χ0v) is 39.7. The third kappa shape index (κ3) is 11.4. The summed E-state index contributed by atoms with van der Waals surface area (Å²) in [6.45, 7) is 16.6. The number of fused-ring (bicyclic) bond motifs is 1. The molecule has 2 atom stereocenters. The van der Waals surface area contributed by atoms with Crippen LogP contribution >= 0.6 is 15.9 Å². The summed E-state index contributed by atoms with van der Waals surface area (Å²) >= 11 is 3.92. The molecule has 10 nitrogen and oxygen atoms in total. The van der Waals surface area contributed by atoms with Crippen LogP contribution in [0, 0.1) is 25.5 Å². The second-order valence-electron chi connectivity index (χ2n) is 17.9. The molecule has 6 aromatic rings. The third-order valence-corrected chi connectivity index (χ3v) is 12.5. The van der Waals surface area contributed by atoms with Gasteiger partial charge in [-0.25, -0.2) is 18.6 Å². The largest absolute Gasteiger partial charge is 0.488 e. The van der Waals surface area contributed by atoms with Gasteiger partial charge in [0.2, 0.25) is 0 Å². The van der Waals surface area contributed by atoms with Crippen LogP contribution < -0.4 is 9.64 Å². The molecule has 13 heteroatoms. The molecule has 7 rings (SSSR count). The van der Waals surface area contributed by atoms with Gasteiger partial charge in [0, 0.05) is 35.8 Å². The average molecular weight is 955 g/mol. The number of pyridine rings is 1. The second kappa shape index (κ2) is 20.6. The SMILES string of the molecule is Cc1c(C(OC(C)(C)C)C(=O)O)c(N2CCC(C)(OCCOCC(C)OCc3ccccc3)CC2)n2c(Br)c(-c3cccc(-c4cc(F)c(F)cc4OCc4ccccc4)c3)nc2c1C. The van der Waals surface area contributed by atoms with Crippen molar-refractivity contribution in [3.8, 4) is 28.1 Å². The maximum Gasteiger partial charge on any atom is 0.337 e. The first kappa shape index (κ1) is 47.8. The zero-order chi connectivity index (χ0) is 46.5. The van der Waals surface area contributed by atoms with E-state index in [2.05, 4.69) is 27.8 Å². The molecule has 344 valence electrons. The fourth-order valence-electron chi connectivity index (χ4n) is 8.14. The number of piperidine rings is 1. The Balaban J connectivity index is 1.17. The van der Waals surface area contributed by atoms with Crippen LogP contribution in [-0.2, 0) is 37.0 Å². The number of rotatable bonds is 18. The van der Waals surface area contributed by atoms with Gasteiger partial charge in [-0.1, -0.05) is 78.9 Å². The predicted molar refractivity (Wildman–Crippen MR) is 252 cm³/mol. The van der Waals surface area contributed by atoms with Gasteiger partial charge in [-0.2, -0.15) is 0 Å². The summed E-state index contributed by atoms with van der Waals surface area (Å²) < 4.78 is 63.0. The van der Waals surface area contributed by atoms with E-state index in [9.17, 15) is 18.7 Å². The highest BCUT2D eigenvalue weighted by molar-refractivity contribution is 9.10. The van der Waals surface area contributed by atoms with Crippen LogP contribution in [0.4, 0.5) is 14.6 Å². The molecule has 0 aliphatic carbocycles. The second-order valence-corrected chi connectivity index (χ2v) is 18.7. The Morgan fingerprint density at radius 3 is 2.14 bits per heavy atom. The summed E-state index contributed by atoms with van der Waals surface area (Å²) in [6.07, 6.45) is -0.0321. The molecule has 2 unspecified atom stereocenters. The van der Waals surface area contributed by atoms with Crippen LogP contribution in [0.5, 0.6) is 5.75 Å². The number of ether oxygens (including phenoxy) is 5. The number of aliphatic carboxylic acids is 1. The molecule has 2 aromatic heterocycles. The Bertz CT molecular complexity index is 2590. The number of benzene rings is 4. The highest BCUT2D eigenvalue weighted by Gasteiger charge is 2.38. The molecule has 1 saturated heterocycles. The molecule has 3 heterocycles. The van der Waals surface area contributed by atoms with Gasteiger partial charge in [0.05, 0.1) is 43.7 Å². The van der Waals surface area contributed by atoms with Gasteiger partial charge in [-0.15, -0.1) is 0 Å². The van der Waals surface area contributed by atoms with E-state index < -0.39 is 34.9 Å². The lowest BCUT2D eigenvalue weighted by Crippen LogP contribution is -2.46. The number of aryl methyl sites for hydroxylation is 1. The number of aromatic nitrogens is 2. The number of nitrogens with zero attached hydrogens (tertiary/aromatic N) is 3. The smallest absolute Gasteiger partial charge is 0.337 e. The van der Waals surface area contributed by atoms with Crippen LogP contribution in [0.25, 0.3) is 28.0 Å². The molecular weight excluding hydrogens is 896 g/mol. The molecular formula is C52H58BrF2N3O7. The van der Waals surface area contributed by atoms with Crippen molar-refractivity contribution in [2.24, 2.45) is 0 Å². The van der Waals surface area contributed by atoms with Gasteiger partial charge in [0.1, 0.15) is 34.1 Å². The number of anilines is 1. The number of hydrogen-bond donors (Lipinski definition) is 1. The van der Waals surface area contributed by atoms with E-state index in [0.717, 1.165) is 34.4 Å². The standard InChI is InChI=1S/C52H58BrF2N3O7/c1-33(62-31-36-15-10-8-11-16-36)30-61-25-26-64-52(7)21-23-57(24-22-52)49-44(46(50(59)60)65-51(4,5)6)34(2)35(3)48-56-45(47(53)58(48)49)39-20-14-19-38(27-39)40-28-41(54)42(55)29-43(40)63-32-37-17-12-9-13-18-37/h8-20,27-29,33,46H,21-26,30-32H2,1-7H3,(H,59,60). The van der Waals surface area contributed by atoms with Crippen LogP contribution in [0.3, 0.4) is 0 Å². The van der Waals surface area contributed by atoms with Crippen LogP contribution in [0.1, 0.15) is 81.4 Å². The van der Waals surface area contributed by atoms with E-state index in [1.807, 2.05) is 131 Å². The van der Waals surface area contributed by atoms with E-state index in [1.54, 1.807) is 0 Å². The number of carbonyl (C=O) groups is 1. The molecule has 0 saturated carbocycles. The summed E-state index contributed by atoms with van der Waals surface area (Å²) in [7, 11) is 0. The lowest BCUT2D eigenvalue weighted by molar-refractivity contribution is -0.160. The maximum atomic E-state index is 14.9. The Hall–Kier alpha value is -5.18. The van der Waals surface area contributed by atoms with Gasteiger partial charge >= 0.3 is 5.97 Å². The highest BCUT2D eigenvalue weighted by Crippen LogP contribution is 2.44. The normalized spacial score (nSPS) is 15.0. The highest BCUT2D eigenvalue weighted by atomic mass is 79.9. The average Bonchev–Trinajstić information content (AvgIpc) is 3.63. The van der Waals surface area contributed by atoms with Gasteiger partial charge in [0.25, 0.3) is 0 Å². The topological polar surface area (TPSA) is 104 Å². The molecule has 0 radical (unpaired) electrons. The van der Waals surface area contributed by atoms with Crippen LogP contribution in [-0.4, -0.2) is 70.7 Å². The van der Waals surface area contributed by atoms with E-state index in [4.69, 9.17) is 28.7 Å². The number of carboxylic acid groups (broad SMARTS) is 1. The van der Waals surface area contributed by atoms with Gasteiger partial charge < -0.3 is 33.7 Å². The monoisotopic (exact) mass is 953 g/mol. The first-order valence-electron chi connectivity index (χ1n) is 22.0. The summed E-state index contributed by atoms with van der Waals surface area (Å²) in [5.41, 5.74) is 5.75. The minimum atomic E-state index is -1.29. The number of imidazole rings is 1. The Morgan fingerprint density at radius 1 is 0.862 bits per heavy atom. The van der Waals surface area contributed by atoms with Gasteiger partial charge in [-0.05, 0) is 117 Å². The number of carboxylic acids is 1. The lowest BCUT2D eigenvalue weighted by Gasteiger charge is -2.42. The minimum absolute atomic E-state index is 0.0705. The molecule has 1 aliphatic heterocycles. The zero-order valence-electron chi connectivity index (χ0n) is 38.1. The van der Waals surface area contributed by atoms with E-state index in [1.165, 1.54) is 0 Å². The van der Waals surface area contributed by atoms with Crippen molar-refractivity contribution >= 4 is 33.4 Å². The maximum absolute atomic E-state index is 14.9. The molecule has 1 N–H and O–H groups in total. The quantitative estimate of drug-likeness (QED) is 0.0844. The summed E-state index contributed by atoms with van der Waals surface area (Å²) in [6, 6.07) is 29.2. The van der Waals surface area contributed by atoms with Crippen molar-refractivity contribution in [2.75, 3.05) is 37.8 Å². The Morgan fingerprint density at radius 2 is 1.49 bits per heavy atom. The molecule has 0 spiro atoms. The van der Waals surface area contributed by atoms with Crippen molar-refractivity contribution in [3.63, 3.8) is 0 Å². The van der Waals surface area contributed by atoms with E-state index in [0.29, 0.717) is 96.4 Å². The summed E-state index contributed by atoms with van der Waals surface area (Å²) in [5, 5.41) is 10.8. The lowest BCUT2D eigenvalue weighted by atomic mass is 9.92. The van der Waals surface area contributed by atoms with Crippen molar-refractivity contribution in [1.82, 2.24) is 9.38 Å². The number of hydrogen-bond acceptors (Lipinski definition) is 8. The fourth-order valence-corrected chi connectivity index (χ4v) is 8.79. The molecule has 4 aromatic carbocycles. The van der Waals surface area contributed by atoms with Crippen LogP contribution in [0.2, 0.25) is 0 Å². The van der Waals surface area contributed by atoms with Crippen molar-refractivity contribution < 1.29 is 42.4 Å². The van der Waals surface area contributed by atoms with E-state index in [-0.39, 0.29) is 18.5 Å². The molecule has 1 aliphatic rings. The van der Waals surface area contributed by atoms with Crippen LogP contribution in [0.15, 0.2) is 102 Å². The summed E-state index contributed by atoms with van der Waals surface area (Å²) in [4.78, 5) is 20.6. The molecule has 0 amide bonds. The van der Waals surface area contributed by atoms with Crippen molar-refractivity contribution in [1.29, 1.82) is 0 Å². The van der Waals surface area contributed by atoms with Crippen molar-refractivity contribution in [2.45, 2.75) is 97.9 Å². The fraction of sp³-hybridized carbons (Fsp3) is 0.385. The van der Waals surface area contributed by atoms with Gasteiger partial charge in [0.15, 0.2) is 17.7 Å². The van der Waals surface area contributed by atoms with E-state index >= 15 is 0 Å². The van der Waals surface area contributed by atoms with Crippen molar-refractivity contribution in [3.05, 3.63) is 141 Å². The third-order valence-electron chi connectivity index (χ3n) is 11.8. The molecule has 1 fully saturated rings. The minimum Gasteiger partial charge on any atom is -0.488 e. The first-order chi connectivity index (χ1) is 31.0. The Labute approximate surface area is 388 Å². The summed E-state index contributed by atoms with van der Waals surface area (Å²) in [5.74, 6) is -2.25. The molecule has 65 heavy (non-hydrogen) atoms. The predicted octanol–water partition coefficient (Wildman–Crippen LogP) is 11.8. The Kier molecular flexibility index (Phi) is 15.1.